The van der Waals surface area contributed by atoms with Crippen LogP contribution in [-0.2, 0) is 0 Å². The second-order valence-corrected chi connectivity index (χ2v) is 3.12. The van der Waals surface area contributed by atoms with E-state index in [1.54, 1.807) is 6.07 Å². The third-order valence-corrected chi connectivity index (χ3v) is 2.06. The summed E-state index contributed by atoms with van der Waals surface area (Å²) in [5.41, 5.74) is 0. The van der Waals surface area contributed by atoms with Crippen LogP contribution in [0.3, 0.4) is 0 Å². The molecule has 0 aromatic carbocycles. The fourth-order valence-corrected chi connectivity index (χ4v) is 1.26. The summed E-state index contributed by atoms with van der Waals surface area (Å²) < 4.78 is 9.90. The Balaban J connectivity index is 2.87. The number of ether oxygens (including phenoxy) is 2. The molecule has 0 radical (unpaired) electrons. The maximum atomic E-state index is 8.39. The SMILES string of the molecule is COc1cc(OC)nc(SCC#N)n1. The Labute approximate surface area is 86.1 Å². The van der Waals surface area contributed by atoms with Crippen LogP contribution in [0, 0.1) is 11.3 Å². The van der Waals surface area contributed by atoms with E-state index in [1.165, 1.54) is 26.0 Å². The van der Waals surface area contributed by atoms with Gasteiger partial charge in [-0.3, -0.25) is 0 Å². The highest BCUT2D eigenvalue weighted by Gasteiger charge is 2.04. The lowest BCUT2D eigenvalue weighted by molar-refractivity contribution is 0.364. The van der Waals surface area contributed by atoms with Crippen molar-refractivity contribution in [3.05, 3.63) is 6.07 Å². The van der Waals surface area contributed by atoms with Gasteiger partial charge in [-0.15, -0.1) is 0 Å². The summed E-state index contributed by atoms with van der Waals surface area (Å²) in [7, 11) is 3.03. The Hall–Kier alpha value is -1.48. The first-order valence-electron chi connectivity index (χ1n) is 3.77. The molecule has 0 bridgehead atoms. The van der Waals surface area contributed by atoms with Gasteiger partial charge in [0.2, 0.25) is 11.8 Å². The van der Waals surface area contributed by atoms with E-state index in [0.29, 0.717) is 22.7 Å². The molecule has 0 aliphatic carbocycles. The minimum Gasteiger partial charge on any atom is -0.481 e. The second kappa shape index (κ2) is 5.29. The van der Waals surface area contributed by atoms with Crippen molar-refractivity contribution in [2.75, 3.05) is 20.0 Å². The lowest BCUT2D eigenvalue weighted by atomic mass is 10.6. The van der Waals surface area contributed by atoms with Gasteiger partial charge in [0.1, 0.15) is 0 Å². The first kappa shape index (κ1) is 10.6. The summed E-state index contributed by atoms with van der Waals surface area (Å²) in [6, 6.07) is 3.57. The molecule has 0 saturated heterocycles. The molecule has 1 aromatic rings. The molecular formula is C8H9N3O2S. The minimum atomic E-state index is 0.302. The molecule has 0 saturated carbocycles. The first-order valence-corrected chi connectivity index (χ1v) is 4.75. The van der Waals surface area contributed by atoms with Crippen LogP contribution in [0.1, 0.15) is 0 Å². The topological polar surface area (TPSA) is 68.0 Å². The highest BCUT2D eigenvalue weighted by Crippen LogP contribution is 2.20. The van der Waals surface area contributed by atoms with Crippen molar-refractivity contribution in [3.63, 3.8) is 0 Å². The molecule has 1 rings (SSSR count). The van der Waals surface area contributed by atoms with E-state index >= 15 is 0 Å². The molecule has 14 heavy (non-hydrogen) atoms. The van der Waals surface area contributed by atoms with Crippen molar-refractivity contribution < 1.29 is 9.47 Å². The standard InChI is InChI=1S/C8H9N3O2S/c1-12-6-5-7(13-2)11-8(10-6)14-4-3-9/h5H,4H2,1-2H3. The van der Waals surface area contributed by atoms with Crippen LogP contribution in [-0.4, -0.2) is 29.9 Å². The van der Waals surface area contributed by atoms with Gasteiger partial charge in [0.05, 0.1) is 32.1 Å². The van der Waals surface area contributed by atoms with E-state index in [9.17, 15) is 0 Å². The normalized spacial score (nSPS) is 9.21. The molecule has 5 nitrogen and oxygen atoms in total. The van der Waals surface area contributed by atoms with Crippen LogP contribution in [0.15, 0.2) is 11.2 Å². The average Bonchev–Trinajstić information content (AvgIpc) is 2.25. The number of thioether (sulfide) groups is 1. The fraction of sp³-hybridized carbons (Fsp3) is 0.375. The Morgan fingerprint density at radius 3 is 2.36 bits per heavy atom. The average molecular weight is 211 g/mol. The van der Waals surface area contributed by atoms with E-state index in [0.717, 1.165) is 0 Å². The Bertz CT molecular complexity index is 329. The summed E-state index contributed by atoms with van der Waals surface area (Å²) in [4.78, 5) is 8.07. The minimum absolute atomic E-state index is 0.302. The van der Waals surface area contributed by atoms with Gasteiger partial charge in [-0.1, -0.05) is 11.8 Å². The highest BCUT2D eigenvalue weighted by atomic mass is 32.2. The van der Waals surface area contributed by atoms with Crippen molar-refractivity contribution >= 4 is 11.8 Å². The maximum Gasteiger partial charge on any atom is 0.220 e. The molecule has 0 fully saturated rings. The summed E-state index contributed by atoms with van der Waals surface area (Å²) in [6.07, 6.45) is 0. The van der Waals surface area contributed by atoms with E-state index in [-0.39, 0.29) is 0 Å². The maximum absolute atomic E-state index is 8.39. The molecular weight excluding hydrogens is 202 g/mol. The van der Waals surface area contributed by atoms with E-state index < -0.39 is 0 Å². The van der Waals surface area contributed by atoms with Crippen LogP contribution >= 0.6 is 11.8 Å². The van der Waals surface area contributed by atoms with Gasteiger partial charge in [-0.2, -0.15) is 15.2 Å². The lowest BCUT2D eigenvalue weighted by Gasteiger charge is -2.04. The van der Waals surface area contributed by atoms with Crippen molar-refractivity contribution in [1.82, 2.24) is 9.97 Å². The van der Waals surface area contributed by atoms with Gasteiger partial charge in [-0.25, -0.2) is 0 Å². The molecule has 0 N–H and O–H groups in total. The molecule has 1 heterocycles. The van der Waals surface area contributed by atoms with E-state index in [2.05, 4.69) is 9.97 Å². The van der Waals surface area contributed by atoms with Gasteiger partial charge >= 0.3 is 0 Å². The van der Waals surface area contributed by atoms with Crippen molar-refractivity contribution in [3.8, 4) is 17.8 Å². The molecule has 6 heteroatoms. The first-order chi connectivity index (χ1) is 6.80. The quantitative estimate of drug-likeness (QED) is 0.549. The molecule has 0 spiro atoms. The van der Waals surface area contributed by atoms with Crippen LogP contribution < -0.4 is 9.47 Å². The zero-order valence-corrected chi connectivity index (χ0v) is 8.67. The van der Waals surface area contributed by atoms with E-state index in [4.69, 9.17) is 14.7 Å². The smallest absolute Gasteiger partial charge is 0.220 e. The Morgan fingerprint density at radius 1 is 1.36 bits per heavy atom. The predicted molar refractivity (Wildman–Crippen MR) is 51.5 cm³/mol. The number of rotatable bonds is 4. The molecule has 0 aliphatic heterocycles. The van der Waals surface area contributed by atoms with Crippen LogP contribution in [0.25, 0.3) is 0 Å². The zero-order valence-electron chi connectivity index (χ0n) is 7.85. The van der Waals surface area contributed by atoms with Crippen molar-refractivity contribution in [2.45, 2.75) is 5.16 Å². The van der Waals surface area contributed by atoms with Gasteiger partial charge in [0, 0.05) is 0 Å². The largest absolute Gasteiger partial charge is 0.481 e. The summed E-state index contributed by atoms with van der Waals surface area (Å²) in [5.74, 6) is 1.16. The monoisotopic (exact) mass is 211 g/mol. The number of hydrogen-bond donors (Lipinski definition) is 0. The van der Waals surface area contributed by atoms with Crippen LogP contribution in [0.2, 0.25) is 0 Å². The van der Waals surface area contributed by atoms with Crippen LogP contribution in [0.4, 0.5) is 0 Å². The number of aromatic nitrogens is 2. The summed E-state index contributed by atoms with van der Waals surface area (Å²) >= 11 is 1.24. The number of nitrogens with zero attached hydrogens (tertiary/aromatic N) is 3. The fourth-order valence-electron chi connectivity index (χ4n) is 0.754. The van der Waals surface area contributed by atoms with Crippen molar-refractivity contribution in [2.24, 2.45) is 0 Å². The van der Waals surface area contributed by atoms with Gasteiger partial charge in [0.25, 0.3) is 0 Å². The number of hydrogen-bond acceptors (Lipinski definition) is 6. The summed E-state index contributed by atoms with van der Waals surface area (Å²) in [6.45, 7) is 0. The van der Waals surface area contributed by atoms with Crippen molar-refractivity contribution in [1.29, 1.82) is 5.26 Å². The third kappa shape index (κ3) is 2.78. The zero-order chi connectivity index (χ0) is 10.4. The van der Waals surface area contributed by atoms with Gasteiger partial charge < -0.3 is 9.47 Å². The molecule has 0 aliphatic rings. The number of methoxy groups -OCH3 is 2. The molecule has 74 valence electrons. The summed E-state index contributed by atoms with van der Waals surface area (Å²) in [5, 5.41) is 8.87. The van der Waals surface area contributed by atoms with E-state index in [1.807, 2.05) is 6.07 Å². The Morgan fingerprint density at radius 2 is 1.93 bits per heavy atom. The molecule has 0 atom stereocenters. The highest BCUT2D eigenvalue weighted by molar-refractivity contribution is 7.99. The molecule has 0 amide bonds. The lowest BCUT2D eigenvalue weighted by Crippen LogP contribution is -1.96. The molecule has 0 unspecified atom stereocenters. The van der Waals surface area contributed by atoms with Gasteiger partial charge in [-0.05, 0) is 0 Å². The second-order valence-electron chi connectivity index (χ2n) is 2.18. The van der Waals surface area contributed by atoms with Gasteiger partial charge in [0.15, 0.2) is 5.16 Å². The predicted octanol–water partition coefficient (Wildman–Crippen LogP) is 1.11. The molecule has 1 aromatic heterocycles. The number of nitriles is 1. The third-order valence-electron chi connectivity index (χ3n) is 1.34. The van der Waals surface area contributed by atoms with Crippen LogP contribution in [0.5, 0.6) is 11.8 Å². The Kier molecular flexibility index (Phi) is 4.01.